The lowest BCUT2D eigenvalue weighted by atomic mass is 10.0. The highest BCUT2D eigenvalue weighted by atomic mass is 32.2. The lowest BCUT2D eigenvalue weighted by Gasteiger charge is -2.22. The molecule has 0 atom stereocenters. The first kappa shape index (κ1) is 15.9. The minimum atomic E-state index is -3.64. The van der Waals surface area contributed by atoms with Gasteiger partial charge in [0.25, 0.3) is 0 Å². The number of sulfonamides is 1. The van der Waals surface area contributed by atoms with E-state index in [1.165, 1.54) is 0 Å². The first-order valence-corrected chi connectivity index (χ1v) is 8.82. The van der Waals surface area contributed by atoms with Crippen molar-refractivity contribution in [2.45, 2.75) is 56.6 Å². The highest BCUT2D eigenvalue weighted by Gasteiger charge is 2.31. The lowest BCUT2D eigenvalue weighted by molar-refractivity contribution is -0.138. The molecule has 0 aromatic heterocycles. The number of carbonyl (C=O) groups is 3. The van der Waals surface area contributed by atoms with Crippen molar-refractivity contribution in [3.63, 3.8) is 0 Å². The summed E-state index contributed by atoms with van der Waals surface area (Å²) in [6.07, 6.45) is 4.05. The van der Waals surface area contributed by atoms with Gasteiger partial charge in [-0.25, -0.2) is 8.42 Å². The first-order valence-electron chi connectivity index (χ1n) is 7.28. The maximum Gasteiger partial charge on any atom is 0.237 e. The molecule has 0 bridgehead atoms. The molecule has 8 heteroatoms. The summed E-state index contributed by atoms with van der Waals surface area (Å²) in [7, 11) is -3.64. The zero-order chi connectivity index (χ0) is 15.5. The number of carbonyl (C=O) groups excluding carboxylic acids is 3. The summed E-state index contributed by atoms with van der Waals surface area (Å²) in [6, 6.07) is 0. The predicted molar refractivity (Wildman–Crippen MR) is 74.5 cm³/mol. The average molecular weight is 316 g/mol. The van der Waals surface area contributed by atoms with Crippen molar-refractivity contribution in [1.82, 2.24) is 9.62 Å². The molecule has 2 rings (SSSR count). The van der Waals surface area contributed by atoms with Gasteiger partial charge in [0.15, 0.2) is 0 Å². The second kappa shape index (κ2) is 6.55. The number of imide groups is 1. The molecule has 0 unspecified atom stereocenters. The molecule has 0 aromatic carbocycles. The van der Waals surface area contributed by atoms with E-state index in [0.29, 0.717) is 12.8 Å². The summed E-state index contributed by atoms with van der Waals surface area (Å²) in [4.78, 5) is 35.5. The molecule has 1 aliphatic heterocycles. The third-order valence-electron chi connectivity index (χ3n) is 3.96. The Morgan fingerprint density at radius 1 is 1.10 bits per heavy atom. The van der Waals surface area contributed by atoms with Crippen LogP contribution in [0.3, 0.4) is 0 Å². The Hall–Kier alpha value is -1.44. The van der Waals surface area contributed by atoms with Crippen LogP contribution < -0.4 is 4.72 Å². The number of hydrogen-bond donors (Lipinski definition) is 1. The number of rotatable bonds is 5. The molecule has 118 valence electrons. The summed E-state index contributed by atoms with van der Waals surface area (Å²) in [6.45, 7) is -0.0519. The fourth-order valence-electron chi connectivity index (χ4n) is 2.75. The Balaban J connectivity index is 1.83. The Bertz CT molecular complexity index is 521. The third kappa shape index (κ3) is 4.03. The van der Waals surface area contributed by atoms with Crippen LogP contribution in [-0.4, -0.2) is 42.8 Å². The molecule has 2 fully saturated rings. The highest BCUT2D eigenvalue weighted by Crippen LogP contribution is 2.23. The second-order valence-corrected chi connectivity index (χ2v) is 7.48. The molecule has 1 saturated carbocycles. The van der Waals surface area contributed by atoms with Crippen molar-refractivity contribution in [2.75, 3.05) is 6.54 Å². The minimum Gasteiger partial charge on any atom is -0.282 e. The number of nitrogens with zero attached hydrogens (tertiary/aromatic N) is 1. The van der Waals surface area contributed by atoms with Gasteiger partial charge in [-0.1, -0.05) is 19.3 Å². The van der Waals surface area contributed by atoms with Crippen molar-refractivity contribution in [3.05, 3.63) is 0 Å². The highest BCUT2D eigenvalue weighted by molar-refractivity contribution is 7.90. The van der Waals surface area contributed by atoms with E-state index in [1.54, 1.807) is 0 Å². The summed E-state index contributed by atoms with van der Waals surface area (Å²) in [5, 5.41) is -0.509. The SMILES string of the molecule is O=C(CCN1C(=O)CCC1=O)NS(=O)(=O)C1CCCCC1. The molecule has 3 amide bonds. The van der Waals surface area contributed by atoms with Crippen molar-refractivity contribution in [1.29, 1.82) is 0 Å². The molecular weight excluding hydrogens is 296 g/mol. The van der Waals surface area contributed by atoms with Crippen LogP contribution in [0.1, 0.15) is 51.4 Å². The van der Waals surface area contributed by atoms with Crippen molar-refractivity contribution >= 4 is 27.7 Å². The van der Waals surface area contributed by atoms with E-state index in [4.69, 9.17) is 0 Å². The average Bonchev–Trinajstić information content (AvgIpc) is 2.76. The zero-order valence-electron chi connectivity index (χ0n) is 11.8. The summed E-state index contributed by atoms with van der Waals surface area (Å²) in [5.41, 5.74) is 0. The third-order valence-corrected chi connectivity index (χ3v) is 5.83. The quantitative estimate of drug-likeness (QED) is 0.735. The van der Waals surface area contributed by atoms with Gasteiger partial charge in [-0.3, -0.25) is 24.0 Å². The van der Waals surface area contributed by atoms with Gasteiger partial charge in [-0.15, -0.1) is 0 Å². The minimum absolute atomic E-state index is 0.0519. The van der Waals surface area contributed by atoms with E-state index < -0.39 is 21.2 Å². The molecule has 1 saturated heterocycles. The van der Waals surface area contributed by atoms with Gasteiger partial charge in [-0.05, 0) is 12.8 Å². The molecule has 1 N–H and O–H groups in total. The Morgan fingerprint density at radius 3 is 2.24 bits per heavy atom. The zero-order valence-corrected chi connectivity index (χ0v) is 12.7. The first-order chi connectivity index (χ1) is 9.90. The van der Waals surface area contributed by atoms with Crippen LogP contribution in [0, 0.1) is 0 Å². The van der Waals surface area contributed by atoms with Crippen molar-refractivity contribution in [3.8, 4) is 0 Å². The van der Waals surface area contributed by atoms with Gasteiger partial charge < -0.3 is 0 Å². The van der Waals surface area contributed by atoms with Gasteiger partial charge in [0.2, 0.25) is 27.7 Å². The standard InChI is InChI=1S/C13H20N2O5S/c16-11(8-9-15-12(17)6-7-13(15)18)14-21(19,20)10-4-2-1-3-5-10/h10H,1-9H2,(H,14,16). The van der Waals surface area contributed by atoms with Crippen LogP contribution in [0.2, 0.25) is 0 Å². The van der Waals surface area contributed by atoms with Crippen LogP contribution in [0.15, 0.2) is 0 Å². The summed E-state index contributed by atoms with van der Waals surface area (Å²) in [5.74, 6) is -1.26. The summed E-state index contributed by atoms with van der Waals surface area (Å²) >= 11 is 0. The smallest absolute Gasteiger partial charge is 0.237 e. The van der Waals surface area contributed by atoms with Gasteiger partial charge in [0, 0.05) is 25.8 Å². The number of likely N-dealkylation sites (tertiary alicyclic amines) is 1. The molecule has 0 radical (unpaired) electrons. The Labute approximate surface area is 124 Å². The maximum atomic E-state index is 12.0. The molecule has 2 aliphatic rings. The predicted octanol–water partition coefficient (Wildman–Crippen LogP) is 0.304. The molecule has 1 heterocycles. The summed E-state index contributed by atoms with van der Waals surface area (Å²) < 4.78 is 26.1. The molecule has 7 nitrogen and oxygen atoms in total. The molecule has 21 heavy (non-hydrogen) atoms. The van der Waals surface area contributed by atoms with Gasteiger partial charge in [0.1, 0.15) is 0 Å². The van der Waals surface area contributed by atoms with Crippen LogP contribution in [-0.2, 0) is 24.4 Å². The maximum absolute atomic E-state index is 12.0. The topological polar surface area (TPSA) is 101 Å². The van der Waals surface area contributed by atoms with E-state index >= 15 is 0 Å². The fourth-order valence-corrected chi connectivity index (χ4v) is 4.29. The van der Waals surface area contributed by atoms with Crippen LogP contribution in [0.4, 0.5) is 0 Å². The van der Waals surface area contributed by atoms with E-state index in [1.807, 2.05) is 0 Å². The fraction of sp³-hybridized carbons (Fsp3) is 0.769. The van der Waals surface area contributed by atoms with Gasteiger partial charge >= 0.3 is 0 Å². The number of amides is 3. The number of nitrogens with one attached hydrogen (secondary N) is 1. The molecule has 0 spiro atoms. The van der Waals surface area contributed by atoms with E-state index in [9.17, 15) is 22.8 Å². The number of hydrogen-bond acceptors (Lipinski definition) is 5. The second-order valence-electron chi connectivity index (χ2n) is 5.52. The van der Waals surface area contributed by atoms with Crippen molar-refractivity contribution in [2.24, 2.45) is 0 Å². The van der Waals surface area contributed by atoms with E-state index in [-0.39, 0.29) is 37.6 Å². The van der Waals surface area contributed by atoms with Crippen molar-refractivity contribution < 1.29 is 22.8 Å². The van der Waals surface area contributed by atoms with Gasteiger partial charge in [-0.2, -0.15) is 0 Å². The molecular formula is C13H20N2O5S. The normalized spacial score (nSPS) is 20.9. The lowest BCUT2D eigenvalue weighted by Crippen LogP contribution is -2.41. The molecule has 0 aromatic rings. The largest absolute Gasteiger partial charge is 0.282 e. The van der Waals surface area contributed by atoms with Crippen LogP contribution in [0.25, 0.3) is 0 Å². The van der Waals surface area contributed by atoms with Gasteiger partial charge in [0.05, 0.1) is 5.25 Å². The Morgan fingerprint density at radius 2 is 1.67 bits per heavy atom. The molecule has 1 aliphatic carbocycles. The Kier molecular flexibility index (Phi) is 4.97. The van der Waals surface area contributed by atoms with E-state index in [0.717, 1.165) is 24.2 Å². The van der Waals surface area contributed by atoms with Crippen LogP contribution >= 0.6 is 0 Å². The van der Waals surface area contributed by atoms with Crippen LogP contribution in [0.5, 0.6) is 0 Å². The van der Waals surface area contributed by atoms with E-state index in [2.05, 4.69) is 4.72 Å². The monoisotopic (exact) mass is 316 g/mol.